The monoisotopic (exact) mass is 598 g/mol. The third kappa shape index (κ3) is 8.35. The van der Waals surface area contributed by atoms with Gasteiger partial charge in [0.1, 0.15) is 23.9 Å². The fraction of sp³-hybridized carbons (Fsp3) is 0.455. The van der Waals surface area contributed by atoms with Crippen LogP contribution in [-0.4, -0.2) is 77.0 Å². The third-order valence-corrected chi connectivity index (χ3v) is 7.71. The molecule has 2 N–H and O–H groups in total. The van der Waals surface area contributed by atoms with Crippen molar-refractivity contribution in [2.75, 3.05) is 64.6 Å². The molecule has 10 heteroatoms. The second kappa shape index (κ2) is 15.3. The van der Waals surface area contributed by atoms with Crippen LogP contribution in [0.25, 0.3) is 0 Å². The first kappa shape index (κ1) is 31.0. The molecule has 8 nitrogen and oxygen atoms in total. The van der Waals surface area contributed by atoms with Crippen molar-refractivity contribution < 1.29 is 37.6 Å². The van der Waals surface area contributed by atoms with Crippen molar-refractivity contribution in [2.24, 2.45) is 0 Å². The molecule has 1 saturated heterocycles. The summed E-state index contributed by atoms with van der Waals surface area (Å²) in [7, 11) is 1.72. The van der Waals surface area contributed by atoms with E-state index in [1.165, 1.54) is 0 Å². The summed E-state index contributed by atoms with van der Waals surface area (Å²) in [6.07, 6.45) is 0.625. The van der Waals surface area contributed by atoms with E-state index in [9.17, 15) is 13.9 Å². The van der Waals surface area contributed by atoms with Gasteiger partial charge in [0.05, 0.1) is 44.3 Å². The van der Waals surface area contributed by atoms with Crippen LogP contribution >= 0.6 is 0 Å². The van der Waals surface area contributed by atoms with Crippen LogP contribution in [0.2, 0.25) is 0 Å². The number of hydrogen-bond acceptors (Lipinski definition) is 8. The SMILES string of the molecule is COCCCN1CCOc2ccc(CO[C@H]3CNC[C@@H](O)[C@@H]3c3ccc(OCCCOc4cc(F)ccc4F)cc3)cc21. The van der Waals surface area contributed by atoms with Crippen molar-refractivity contribution in [3.63, 3.8) is 0 Å². The van der Waals surface area contributed by atoms with E-state index in [2.05, 4.69) is 16.3 Å². The molecule has 0 spiro atoms. The summed E-state index contributed by atoms with van der Waals surface area (Å²) in [5.74, 6) is 0.105. The quantitative estimate of drug-likeness (QED) is 0.259. The lowest BCUT2D eigenvalue weighted by molar-refractivity contribution is -0.0328. The minimum Gasteiger partial charge on any atom is -0.493 e. The van der Waals surface area contributed by atoms with Gasteiger partial charge in [0.15, 0.2) is 11.6 Å². The van der Waals surface area contributed by atoms with Crippen LogP contribution in [0.1, 0.15) is 29.9 Å². The lowest BCUT2D eigenvalue weighted by Crippen LogP contribution is -2.49. The van der Waals surface area contributed by atoms with Crippen LogP contribution in [0.15, 0.2) is 60.7 Å². The molecular formula is C33H40F2N2O6. The summed E-state index contributed by atoms with van der Waals surface area (Å²) in [6, 6.07) is 17.0. The average Bonchev–Trinajstić information content (AvgIpc) is 3.02. The number of nitrogens with one attached hydrogen (secondary N) is 1. The topological polar surface area (TPSA) is 81.7 Å². The summed E-state index contributed by atoms with van der Waals surface area (Å²) in [5, 5.41) is 14.2. The van der Waals surface area contributed by atoms with Gasteiger partial charge >= 0.3 is 0 Å². The first-order valence-corrected chi connectivity index (χ1v) is 14.8. The first-order valence-electron chi connectivity index (χ1n) is 14.8. The van der Waals surface area contributed by atoms with Crippen LogP contribution in [0.5, 0.6) is 17.2 Å². The Balaban J connectivity index is 1.14. The number of piperidine rings is 1. The maximum absolute atomic E-state index is 13.7. The van der Waals surface area contributed by atoms with E-state index in [1.54, 1.807) is 7.11 Å². The zero-order valence-corrected chi connectivity index (χ0v) is 24.5. The van der Waals surface area contributed by atoms with Gasteiger partial charge in [-0.05, 0) is 53.9 Å². The summed E-state index contributed by atoms with van der Waals surface area (Å²) in [4.78, 5) is 2.33. The van der Waals surface area contributed by atoms with Crippen molar-refractivity contribution in [1.29, 1.82) is 0 Å². The summed E-state index contributed by atoms with van der Waals surface area (Å²) >= 11 is 0. The standard InChI is InChI=1S/C33H40F2N2O6/c1-39-14-2-12-37-13-17-42-30-11-4-23(18-28(30)37)22-43-32-21-36-20-29(38)33(32)24-5-8-26(9-6-24)40-15-3-16-41-31-19-25(34)7-10-27(31)35/h4-11,18-19,29,32-33,36,38H,2-3,12-17,20-22H2,1H3/t29-,32+,33+/m1/s1. The minimum atomic E-state index is -0.599. The summed E-state index contributed by atoms with van der Waals surface area (Å²) in [6.45, 7) is 5.20. The predicted octanol–water partition coefficient (Wildman–Crippen LogP) is 4.68. The lowest BCUT2D eigenvalue weighted by Gasteiger charge is -2.36. The molecule has 43 heavy (non-hydrogen) atoms. The van der Waals surface area contributed by atoms with Crippen molar-refractivity contribution in [1.82, 2.24) is 5.32 Å². The van der Waals surface area contributed by atoms with Gasteiger partial charge < -0.3 is 39.0 Å². The Labute approximate surface area is 251 Å². The van der Waals surface area contributed by atoms with E-state index in [1.807, 2.05) is 36.4 Å². The van der Waals surface area contributed by atoms with Gasteiger partial charge in [-0.15, -0.1) is 0 Å². The van der Waals surface area contributed by atoms with Crippen LogP contribution in [0.4, 0.5) is 14.5 Å². The van der Waals surface area contributed by atoms with Crippen LogP contribution in [-0.2, 0) is 16.1 Å². The molecule has 3 aromatic carbocycles. The third-order valence-electron chi connectivity index (χ3n) is 7.71. The van der Waals surface area contributed by atoms with Crippen LogP contribution in [0.3, 0.4) is 0 Å². The number of fused-ring (bicyclic) bond motifs is 1. The van der Waals surface area contributed by atoms with Gasteiger partial charge in [0, 0.05) is 51.8 Å². The van der Waals surface area contributed by atoms with Gasteiger partial charge in [-0.3, -0.25) is 0 Å². The number of methoxy groups -OCH3 is 1. The smallest absolute Gasteiger partial charge is 0.165 e. The number of aliphatic hydroxyl groups is 1. The Kier molecular flexibility index (Phi) is 11.1. The molecule has 0 bridgehead atoms. The van der Waals surface area contributed by atoms with Gasteiger partial charge in [0.2, 0.25) is 0 Å². The van der Waals surface area contributed by atoms with Gasteiger partial charge in [0.25, 0.3) is 0 Å². The molecule has 0 radical (unpaired) electrons. The molecule has 0 aliphatic carbocycles. The summed E-state index contributed by atoms with van der Waals surface area (Å²) < 4.78 is 55.6. The summed E-state index contributed by atoms with van der Waals surface area (Å²) in [5.41, 5.74) is 3.09. The molecule has 0 aromatic heterocycles. The molecule has 0 saturated carbocycles. The Morgan fingerprint density at radius 3 is 2.63 bits per heavy atom. The maximum Gasteiger partial charge on any atom is 0.165 e. The average molecular weight is 599 g/mol. The number of β-amino-alcohol motifs (C(OH)–C–C–N with tert-alkyl or cyclic N) is 1. The van der Waals surface area contributed by atoms with Crippen molar-refractivity contribution >= 4 is 5.69 Å². The van der Waals surface area contributed by atoms with E-state index < -0.39 is 17.7 Å². The number of nitrogens with zero attached hydrogens (tertiary/aromatic N) is 1. The van der Waals surface area contributed by atoms with Crippen molar-refractivity contribution in [3.05, 3.63) is 83.4 Å². The van der Waals surface area contributed by atoms with Crippen molar-refractivity contribution in [2.45, 2.75) is 37.6 Å². The second-order valence-corrected chi connectivity index (χ2v) is 10.8. The van der Waals surface area contributed by atoms with E-state index in [0.717, 1.165) is 66.9 Å². The first-order chi connectivity index (χ1) is 21.0. The van der Waals surface area contributed by atoms with Crippen molar-refractivity contribution in [3.8, 4) is 17.2 Å². The Morgan fingerprint density at radius 2 is 1.79 bits per heavy atom. The van der Waals surface area contributed by atoms with Gasteiger partial charge in [-0.2, -0.15) is 0 Å². The highest BCUT2D eigenvalue weighted by Crippen LogP contribution is 2.34. The molecule has 3 aromatic rings. The number of halogens is 2. The van der Waals surface area contributed by atoms with Crippen LogP contribution < -0.4 is 24.4 Å². The van der Waals surface area contributed by atoms with Gasteiger partial charge in [-0.25, -0.2) is 8.78 Å². The molecular weight excluding hydrogens is 558 g/mol. The highest BCUT2D eigenvalue weighted by atomic mass is 19.1. The minimum absolute atomic E-state index is 0.109. The highest BCUT2D eigenvalue weighted by Gasteiger charge is 2.34. The molecule has 0 amide bonds. The molecule has 1 fully saturated rings. The number of hydrogen-bond donors (Lipinski definition) is 2. The zero-order valence-electron chi connectivity index (χ0n) is 24.5. The van der Waals surface area contributed by atoms with Crippen LogP contribution in [0, 0.1) is 11.6 Å². The fourth-order valence-electron chi connectivity index (χ4n) is 5.52. The largest absolute Gasteiger partial charge is 0.493 e. The molecule has 0 unspecified atom stereocenters. The molecule has 232 valence electrons. The number of ether oxygens (including phenoxy) is 5. The normalized spacial score (nSPS) is 19.9. The molecule has 2 heterocycles. The maximum atomic E-state index is 13.7. The molecule has 2 aliphatic rings. The zero-order chi connectivity index (χ0) is 30.0. The number of rotatable bonds is 14. The number of aliphatic hydroxyl groups excluding tert-OH is 1. The molecule has 2 aliphatic heterocycles. The van der Waals surface area contributed by atoms with E-state index in [-0.39, 0.29) is 24.4 Å². The highest BCUT2D eigenvalue weighted by molar-refractivity contribution is 5.61. The number of anilines is 1. The lowest BCUT2D eigenvalue weighted by atomic mass is 9.85. The van der Waals surface area contributed by atoms with E-state index >= 15 is 0 Å². The van der Waals surface area contributed by atoms with E-state index in [0.29, 0.717) is 45.1 Å². The Bertz CT molecular complexity index is 1310. The Morgan fingerprint density at radius 1 is 0.953 bits per heavy atom. The number of benzene rings is 3. The fourth-order valence-corrected chi connectivity index (χ4v) is 5.52. The van der Waals surface area contributed by atoms with Gasteiger partial charge in [-0.1, -0.05) is 18.2 Å². The molecule has 3 atom stereocenters. The Hall–Kier alpha value is -3.44. The predicted molar refractivity (Wildman–Crippen MR) is 159 cm³/mol. The van der Waals surface area contributed by atoms with E-state index in [4.69, 9.17) is 23.7 Å². The molecule has 5 rings (SSSR count). The second-order valence-electron chi connectivity index (χ2n) is 10.8.